The monoisotopic (exact) mass is 238 g/mol. The van der Waals surface area contributed by atoms with Crippen LogP contribution in [0.15, 0.2) is 24.3 Å². The van der Waals surface area contributed by atoms with Gasteiger partial charge in [0.15, 0.2) is 0 Å². The van der Waals surface area contributed by atoms with Crippen LogP contribution in [0.25, 0.3) is 0 Å². The Hall–Kier alpha value is -0.570. The fourth-order valence-corrected chi connectivity index (χ4v) is 3.01. The predicted molar refractivity (Wildman–Crippen MR) is 68.0 cm³/mol. The SMILES string of the molecule is CC1CCC(C(NN)c2ccccc2Cl)C1. The maximum absolute atomic E-state index is 6.22. The van der Waals surface area contributed by atoms with Crippen molar-refractivity contribution in [3.8, 4) is 0 Å². The van der Waals surface area contributed by atoms with Crippen LogP contribution in [0.4, 0.5) is 0 Å². The zero-order valence-electron chi connectivity index (χ0n) is 9.62. The molecule has 2 nitrogen and oxygen atoms in total. The third kappa shape index (κ3) is 2.40. The molecule has 0 aromatic heterocycles. The molecule has 1 fully saturated rings. The molecule has 3 heteroatoms. The molecule has 1 aliphatic carbocycles. The maximum atomic E-state index is 6.22. The smallest absolute Gasteiger partial charge is 0.0502 e. The highest BCUT2D eigenvalue weighted by Crippen LogP contribution is 2.40. The molecule has 0 spiro atoms. The molecule has 1 aromatic rings. The Morgan fingerprint density at radius 3 is 2.69 bits per heavy atom. The van der Waals surface area contributed by atoms with Crippen molar-refractivity contribution in [1.82, 2.24) is 5.43 Å². The summed E-state index contributed by atoms with van der Waals surface area (Å²) in [5.41, 5.74) is 4.07. The number of hydrazine groups is 1. The Balaban J connectivity index is 2.19. The molecular weight excluding hydrogens is 220 g/mol. The summed E-state index contributed by atoms with van der Waals surface area (Å²) < 4.78 is 0. The van der Waals surface area contributed by atoms with E-state index < -0.39 is 0 Å². The molecule has 0 radical (unpaired) electrons. The number of nitrogens with two attached hydrogens (primary N) is 1. The summed E-state index contributed by atoms with van der Waals surface area (Å²) in [4.78, 5) is 0. The van der Waals surface area contributed by atoms with Crippen molar-refractivity contribution in [1.29, 1.82) is 0 Å². The Kier molecular flexibility index (Phi) is 3.85. The minimum atomic E-state index is 0.193. The summed E-state index contributed by atoms with van der Waals surface area (Å²) in [6, 6.07) is 8.16. The van der Waals surface area contributed by atoms with Gasteiger partial charge in [0.2, 0.25) is 0 Å². The molecule has 3 unspecified atom stereocenters. The highest BCUT2D eigenvalue weighted by molar-refractivity contribution is 6.31. The van der Waals surface area contributed by atoms with Gasteiger partial charge in [0.05, 0.1) is 6.04 Å². The second-order valence-electron chi connectivity index (χ2n) is 4.84. The lowest BCUT2D eigenvalue weighted by atomic mass is 9.91. The predicted octanol–water partition coefficient (Wildman–Crippen LogP) is 3.28. The summed E-state index contributed by atoms with van der Waals surface area (Å²) in [7, 11) is 0. The molecule has 16 heavy (non-hydrogen) atoms. The first-order valence-electron chi connectivity index (χ1n) is 5.93. The van der Waals surface area contributed by atoms with Crippen molar-refractivity contribution in [3.05, 3.63) is 34.9 Å². The average Bonchev–Trinajstić information content (AvgIpc) is 2.69. The van der Waals surface area contributed by atoms with Crippen LogP contribution < -0.4 is 11.3 Å². The van der Waals surface area contributed by atoms with E-state index >= 15 is 0 Å². The van der Waals surface area contributed by atoms with Gasteiger partial charge in [0, 0.05) is 5.02 Å². The van der Waals surface area contributed by atoms with Crippen molar-refractivity contribution >= 4 is 11.6 Å². The molecule has 1 saturated carbocycles. The first-order valence-corrected chi connectivity index (χ1v) is 6.30. The largest absolute Gasteiger partial charge is 0.271 e. The van der Waals surface area contributed by atoms with Gasteiger partial charge in [0.1, 0.15) is 0 Å². The lowest BCUT2D eigenvalue weighted by molar-refractivity contribution is 0.364. The van der Waals surface area contributed by atoms with Gasteiger partial charge in [-0.15, -0.1) is 0 Å². The van der Waals surface area contributed by atoms with Crippen molar-refractivity contribution in [2.45, 2.75) is 32.2 Å². The number of hydrogen-bond donors (Lipinski definition) is 2. The molecule has 3 N–H and O–H groups in total. The second kappa shape index (κ2) is 5.17. The fourth-order valence-electron chi connectivity index (χ4n) is 2.76. The van der Waals surface area contributed by atoms with Crippen molar-refractivity contribution in [2.75, 3.05) is 0 Å². The maximum Gasteiger partial charge on any atom is 0.0502 e. The molecule has 3 atom stereocenters. The van der Waals surface area contributed by atoms with Gasteiger partial charge in [0.25, 0.3) is 0 Å². The lowest BCUT2D eigenvalue weighted by Gasteiger charge is -2.24. The summed E-state index contributed by atoms with van der Waals surface area (Å²) in [5.74, 6) is 7.11. The zero-order chi connectivity index (χ0) is 11.5. The van der Waals surface area contributed by atoms with Crippen molar-refractivity contribution in [3.63, 3.8) is 0 Å². The van der Waals surface area contributed by atoms with E-state index in [4.69, 9.17) is 17.4 Å². The Bertz CT molecular complexity index is 354. The Morgan fingerprint density at radius 1 is 1.38 bits per heavy atom. The third-order valence-electron chi connectivity index (χ3n) is 3.63. The Labute approximate surface area is 102 Å². The number of halogens is 1. The first-order chi connectivity index (χ1) is 7.72. The van der Waals surface area contributed by atoms with Gasteiger partial charge in [-0.3, -0.25) is 11.3 Å². The van der Waals surface area contributed by atoms with E-state index in [9.17, 15) is 0 Å². The Morgan fingerprint density at radius 2 is 2.12 bits per heavy atom. The molecule has 88 valence electrons. The third-order valence-corrected chi connectivity index (χ3v) is 3.97. The minimum Gasteiger partial charge on any atom is -0.271 e. The molecule has 0 aliphatic heterocycles. The van der Waals surface area contributed by atoms with Crippen LogP contribution in [-0.2, 0) is 0 Å². The zero-order valence-corrected chi connectivity index (χ0v) is 10.4. The molecule has 0 heterocycles. The van der Waals surface area contributed by atoms with Crippen LogP contribution >= 0.6 is 11.6 Å². The summed E-state index contributed by atoms with van der Waals surface area (Å²) in [5, 5.41) is 0.810. The van der Waals surface area contributed by atoms with E-state index in [2.05, 4.69) is 18.4 Å². The van der Waals surface area contributed by atoms with Crippen LogP contribution in [0.5, 0.6) is 0 Å². The summed E-state index contributed by atoms with van der Waals surface area (Å²) in [6.45, 7) is 2.31. The van der Waals surface area contributed by atoms with Gasteiger partial charge < -0.3 is 0 Å². The molecule has 1 aliphatic rings. The quantitative estimate of drug-likeness (QED) is 0.627. The number of hydrogen-bond acceptors (Lipinski definition) is 2. The van der Waals surface area contributed by atoms with E-state index in [0.717, 1.165) is 16.5 Å². The van der Waals surface area contributed by atoms with Gasteiger partial charge in [-0.05, 0) is 36.3 Å². The van der Waals surface area contributed by atoms with E-state index in [-0.39, 0.29) is 6.04 Å². The van der Waals surface area contributed by atoms with E-state index in [1.54, 1.807) is 0 Å². The van der Waals surface area contributed by atoms with Gasteiger partial charge in [-0.25, -0.2) is 0 Å². The van der Waals surface area contributed by atoms with Crippen LogP contribution in [0, 0.1) is 11.8 Å². The number of benzene rings is 1. The van der Waals surface area contributed by atoms with Gasteiger partial charge in [-0.2, -0.15) is 0 Å². The van der Waals surface area contributed by atoms with Crippen LogP contribution in [0.1, 0.15) is 37.8 Å². The topological polar surface area (TPSA) is 38.0 Å². The molecular formula is C13H19ClN2. The first kappa shape index (κ1) is 11.9. The van der Waals surface area contributed by atoms with Crippen molar-refractivity contribution in [2.24, 2.45) is 17.7 Å². The number of rotatable bonds is 3. The van der Waals surface area contributed by atoms with Crippen LogP contribution in [0.2, 0.25) is 5.02 Å². The standard InChI is InChI=1S/C13H19ClN2/c1-9-6-7-10(8-9)13(16-15)11-4-2-3-5-12(11)14/h2-5,9-10,13,16H,6-8,15H2,1H3. The van der Waals surface area contributed by atoms with Gasteiger partial charge >= 0.3 is 0 Å². The fraction of sp³-hybridized carbons (Fsp3) is 0.538. The van der Waals surface area contributed by atoms with Crippen LogP contribution in [-0.4, -0.2) is 0 Å². The molecule has 0 bridgehead atoms. The highest BCUT2D eigenvalue weighted by atomic mass is 35.5. The minimum absolute atomic E-state index is 0.193. The van der Waals surface area contributed by atoms with E-state index in [1.807, 2.05) is 18.2 Å². The normalized spacial score (nSPS) is 26.9. The number of nitrogens with one attached hydrogen (secondary N) is 1. The molecule has 1 aromatic carbocycles. The molecule has 2 rings (SSSR count). The summed E-state index contributed by atoms with van der Waals surface area (Å²) >= 11 is 6.22. The van der Waals surface area contributed by atoms with E-state index in [1.165, 1.54) is 19.3 Å². The highest BCUT2D eigenvalue weighted by Gasteiger charge is 2.29. The summed E-state index contributed by atoms with van der Waals surface area (Å²) in [6.07, 6.45) is 3.77. The van der Waals surface area contributed by atoms with Crippen LogP contribution in [0.3, 0.4) is 0 Å². The molecule has 0 saturated heterocycles. The average molecular weight is 239 g/mol. The van der Waals surface area contributed by atoms with Gasteiger partial charge in [-0.1, -0.05) is 43.1 Å². The van der Waals surface area contributed by atoms with E-state index in [0.29, 0.717) is 5.92 Å². The van der Waals surface area contributed by atoms with Crippen molar-refractivity contribution < 1.29 is 0 Å². The molecule has 0 amide bonds. The second-order valence-corrected chi connectivity index (χ2v) is 5.25. The lowest BCUT2D eigenvalue weighted by Crippen LogP contribution is -2.33.